The maximum atomic E-state index is 12.1. The number of carbonyl (C=O) groups excluding carboxylic acids is 1. The number of hydrogen-bond acceptors (Lipinski definition) is 4. The van der Waals surface area contributed by atoms with E-state index in [0.717, 1.165) is 5.56 Å². The van der Waals surface area contributed by atoms with Gasteiger partial charge in [-0.05, 0) is 25.5 Å². The highest BCUT2D eigenvalue weighted by molar-refractivity contribution is 6.30. The molecule has 1 atom stereocenters. The molecule has 1 aromatic heterocycles. The lowest BCUT2D eigenvalue weighted by Gasteiger charge is -2.13. The van der Waals surface area contributed by atoms with E-state index in [2.05, 4.69) is 10.4 Å². The molecule has 0 aliphatic rings. The zero-order valence-electron chi connectivity index (χ0n) is 11.4. The zero-order valence-corrected chi connectivity index (χ0v) is 12.2. The van der Waals surface area contributed by atoms with Crippen LogP contribution in [0.1, 0.15) is 18.5 Å². The summed E-state index contributed by atoms with van der Waals surface area (Å²) in [5, 5.41) is 17.9. The third-order valence-electron chi connectivity index (χ3n) is 2.95. The Hall–Kier alpha value is -2.41. The van der Waals surface area contributed by atoms with Crippen LogP contribution in [-0.2, 0) is 4.79 Å². The second-order valence-electron chi connectivity index (χ2n) is 4.58. The van der Waals surface area contributed by atoms with Crippen molar-refractivity contribution in [1.82, 2.24) is 9.78 Å². The number of amides is 1. The minimum atomic E-state index is -0.640. The van der Waals surface area contributed by atoms with E-state index < -0.39 is 16.9 Å². The quantitative estimate of drug-likeness (QED) is 0.694. The van der Waals surface area contributed by atoms with Crippen LogP contribution < -0.4 is 5.32 Å². The molecule has 1 amide bonds. The van der Waals surface area contributed by atoms with E-state index in [1.807, 2.05) is 0 Å². The van der Waals surface area contributed by atoms with Crippen molar-refractivity contribution < 1.29 is 9.72 Å². The summed E-state index contributed by atoms with van der Waals surface area (Å²) in [4.78, 5) is 22.6. The normalized spacial score (nSPS) is 12.0. The summed E-state index contributed by atoms with van der Waals surface area (Å²) in [6.45, 7) is 3.37. The Morgan fingerprint density at radius 1 is 1.52 bits per heavy atom. The van der Waals surface area contributed by atoms with E-state index in [1.54, 1.807) is 19.9 Å². The first-order chi connectivity index (χ1) is 9.88. The van der Waals surface area contributed by atoms with E-state index in [4.69, 9.17) is 11.6 Å². The number of aryl methyl sites for hydroxylation is 1. The van der Waals surface area contributed by atoms with Gasteiger partial charge < -0.3 is 5.32 Å². The third-order valence-corrected chi connectivity index (χ3v) is 3.15. The van der Waals surface area contributed by atoms with Crippen molar-refractivity contribution in [3.8, 4) is 0 Å². The van der Waals surface area contributed by atoms with Crippen LogP contribution >= 0.6 is 11.6 Å². The SMILES string of the molecule is Cc1ccc(NC(=O)C(C)n2cc(Cl)cn2)c([N+](=O)[O-])c1. The smallest absolute Gasteiger partial charge is 0.293 e. The Balaban J connectivity index is 2.22. The minimum absolute atomic E-state index is 0.144. The van der Waals surface area contributed by atoms with Gasteiger partial charge in [0.15, 0.2) is 0 Å². The summed E-state index contributed by atoms with van der Waals surface area (Å²) in [6.07, 6.45) is 2.93. The van der Waals surface area contributed by atoms with Crippen LogP contribution in [-0.4, -0.2) is 20.6 Å². The first-order valence-electron chi connectivity index (χ1n) is 6.14. The maximum absolute atomic E-state index is 12.1. The molecule has 0 aliphatic carbocycles. The monoisotopic (exact) mass is 308 g/mol. The van der Waals surface area contributed by atoms with Gasteiger partial charge in [0.2, 0.25) is 5.91 Å². The molecule has 1 aromatic carbocycles. The molecule has 0 saturated heterocycles. The lowest BCUT2D eigenvalue weighted by Crippen LogP contribution is -2.24. The minimum Gasteiger partial charge on any atom is -0.319 e. The molecule has 2 rings (SSSR count). The first kappa shape index (κ1) is 15.0. The van der Waals surface area contributed by atoms with Gasteiger partial charge in [-0.25, -0.2) is 0 Å². The molecule has 1 unspecified atom stereocenters. The van der Waals surface area contributed by atoms with Gasteiger partial charge in [0.25, 0.3) is 5.69 Å². The largest absolute Gasteiger partial charge is 0.319 e. The molecular weight excluding hydrogens is 296 g/mol. The number of nitrogens with one attached hydrogen (secondary N) is 1. The second-order valence-corrected chi connectivity index (χ2v) is 5.02. The zero-order chi connectivity index (χ0) is 15.6. The molecule has 1 N–H and O–H groups in total. The van der Waals surface area contributed by atoms with Crippen molar-refractivity contribution in [2.24, 2.45) is 0 Å². The Morgan fingerprint density at radius 3 is 2.81 bits per heavy atom. The first-order valence-corrected chi connectivity index (χ1v) is 6.52. The lowest BCUT2D eigenvalue weighted by molar-refractivity contribution is -0.384. The summed E-state index contributed by atoms with van der Waals surface area (Å²) in [6, 6.07) is 3.97. The molecule has 0 saturated carbocycles. The van der Waals surface area contributed by atoms with E-state index in [1.165, 1.54) is 29.2 Å². The van der Waals surface area contributed by atoms with E-state index in [0.29, 0.717) is 5.02 Å². The van der Waals surface area contributed by atoms with Crippen LogP contribution in [0.25, 0.3) is 0 Å². The number of benzene rings is 1. The fraction of sp³-hybridized carbons (Fsp3) is 0.231. The molecule has 0 fully saturated rings. The van der Waals surface area contributed by atoms with Crippen molar-refractivity contribution in [3.63, 3.8) is 0 Å². The molecule has 0 aliphatic heterocycles. The maximum Gasteiger partial charge on any atom is 0.293 e. The Labute approximate surface area is 125 Å². The lowest BCUT2D eigenvalue weighted by atomic mass is 10.2. The average Bonchev–Trinajstić information content (AvgIpc) is 2.86. The summed E-state index contributed by atoms with van der Waals surface area (Å²) in [5.74, 6) is -0.415. The average molecular weight is 309 g/mol. The van der Waals surface area contributed by atoms with Gasteiger partial charge in [-0.15, -0.1) is 0 Å². The van der Waals surface area contributed by atoms with Crippen LogP contribution in [0.15, 0.2) is 30.6 Å². The predicted octanol–water partition coefficient (Wildman–Crippen LogP) is 2.95. The molecule has 21 heavy (non-hydrogen) atoms. The van der Waals surface area contributed by atoms with Crippen LogP contribution in [0, 0.1) is 17.0 Å². The number of hydrogen-bond donors (Lipinski definition) is 1. The molecule has 1 heterocycles. The molecule has 0 bridgehead atoms. The van der Waals surface area contributed by atoms with Gasteiger partial charge in [0, 0.05) is 12.3 Å². The summed E-state index contributed by atoms with van der Waals surface area (Å²) >= 11 is 5.75. The highest BCUT2D eigenvalue weighted by Crippen LogP contribution is 2.26. The van der Waals surface area contributed by atoms with Gasteiger partial charge in [-0.1, -0.05) is 17.7 Å². The fourth-order valence-corrected chi connectivity index (χ4v) is 1.93. The van der Waals surface area contributed by atoms with Gasteiger partial charge >= 0.3 is 0 Å². The van der Waals surface area contributed by atoms with Crippen LogP contribution in [0.3, 0.4) is 0 Å². The number of anilines is 1. The summed E-state index contributed by atoms with van der Waals surface area (Å²) < 4.78 is 1.39. The molecule has 110 valence electrons. The van der Waals surface area contributed by atoms with Gasteiger partial charge in [-0.3, -0.25) is 19.6 Å². The standard InChI is InChI=1S/C13H13ClN4O3/c1-8-3-4-11(12(5-8)18(20)21)16-13(19)9(2)17-7-10(14)6-15-17/h3-7,9H,1-2H3,(H,16,19). The molecule has 0 radical (unpaired) electrons. The third kappa shape index (κ3) is 3.38. The van der Waals surface area contributed by atoms with Crippen molar-refractivity contribution in [2.45, 2.75) is 19.9 Å². The molecular formula is C13H13ClN4O3. The molecule has 0 spiro atoms. The van der Waals surface area contributed by atoms with Crippen LogP contribution in [0.2, 0.25) is 5.02 Å². The number of halogens is 1. The van der Waals surface area contributed by atoms with Crippen LogP contribution in [0.5, 0.6) is 0 Å². The van der Waals surface area contributed by atoms with Gasteiger partial charge in [0.05, 0.1) is 16.1 Å². The van der Waals surface area contributed by atoms with Gasteiger partial charge in [-0.2, -0.15) is 5.10 Å². The second kappa shape index (κ2) is 5.92. The Bertz CT molecular complexity index is 698. The summed E-state index contributed by atoms with van der Waals surface area (Å²) in [7, 11) is 0. The van der Waals surface area contributed by atoms with Crippen molar-refractivity contribution in [1.29, 1.82) is 0 Å². The number of nitrogens with zero attached hydrogens (tertiary/aromatic N) is 3. The molecule has 7 nitrogen and oxygen atoms in total. The number of nitro groups is 1. The highest BCUT2D eigenvalue weighted by atomic mass is 35.5. The van der Waals surface area contributed by atoms with Gasteiger partial charge in [0.1, 0.15) is 11.7 Å². The Morgan fingerprint density at radius 2 is 2.24 bits per heavy atom. The van der Waals surface area contributed by atoms with E-state index >= 15 is 0 Å². The van der Waals surface area contributed by atoms with Crippen molar-refractivity contribution in [3.05, 3.63) is 51.3 Å². The number of carbonyl (C=O) groups is 1. The summed E-state index contributed by atoms with van der Waals surface area (Å²) in [5.41, 5.74) is 0.751. The predicted molar refractivity (Wildman–Crippen MR) is 78.4 cm³/mol. The van der Waals surface area contributed by atoms with E-state index in [9.17, 15) is 14.9 Å². The number of aromatic nitrogens is 2. The van der Waals surface area contributed by atoms with Crippen LogP contribution in [0.4, 0.5) is 11.4 Å². The molecule has 2 aromatic rings. The Kier molecular flexibility index (Phi) is 4.23. The highest BCUT2D eigenvalue weighted by Gasteiger charge is 2.20. The van der Waals surface area contributed by atoms with Crippen molar-refractivity contribution in [2.75, 3.05) is 5.32 Å². The van der Waals surface area contributed by atoms with Crippen molar-refractivity contribution >= 4 is 28.9 Å². The van der Waals surface area contributed by atoms with E-state index in [-0.39, 0.29) is 11.4 Å². The number of rotatable bonds is 4. The fourth-order valence-electron chi connectivity index (χ4n) is 1.78. The topological polar surface area (TPSA) is 90.1 Å². The number of nitro benzene ring substituents is 1. The molecule has 8 heteroatoms.